The van der Waals surface area contributed by atoms with E-state index in [4.69, 9.17) is 14.2 Å². The van der Waals surface area contributed by atoms with Crippen LogP contribution >= 0.6 is 0 Å². The first kappa shape index (κ1) is 25.0. The molecule has 32 heavy (non-hydrogen) atoms. The van der Waals surface area contributed by atoms with Crippen LogP contribution in [0.25, 0.3) is 0 Å². The predicted octanol–water partition coefficient (Wildman–Crippen LogP) is 1.47. The molecule has 0 atom stereocenters. The van der Waals surface area contributed by atoms with Crippen LogP contribution in [0, 0.1) is 0 Å². The molecule has 0 bridgehead atoms. The van der Waals surface area contributed by atoms with E-state index in [1.165, 1.54) is 53.6 Å². The van der Waals surface area contributed by atoms with Gasteiger partial charge in [0.05, 0.1) is 44.0 Å². The van der Waals surface area contributed by atoms with Crippen molar-refractivity contribution in [1.29, 1.82) is 0 Å². The summed E-state index contributed by atoms with van der Waals surface area (Å²) in [5, 5.41) is 5.56. The van der Waals surface area contributed by atoms with Crippen LogP contribution in [0.2, 0.25) is 0 Å². The van der Waals surface area contributed by atoms with Gasteiger partial charge in [-0.25, -0.2) is 17.5 Å². The minimum Gasteiger partial charge on any atom is -0.493 e. The first-order valence-corrected chi connectivity index (χ1v) is 10.9. The van der Waals surface area contributed by atoms with Gasteiger partial charge in [0, 0.05) is 32.8 Å². The minimum atomic E-state index is -3.65. The number of methoxy groups -OCH3 is 3. The average molecular weight is 466 g/mol. The normalized spacial score (nSPS) is 11.1. The molecule has 0 saturated carbocycles. The van der Waals surface area contributed by atoms with Crippen LogP contribution < -0.4 is 20.1 Å². The first-order chi connectivity index (χ1) is 15.1. The zero-order valence-corrected chi connectivity index (χ0v) is 19.4. The molecule has 10 nitrogen and oxygen atoms in total. The Morgan fingerprint density at radius 2 is 1.62 bits per heavy atom. The van der Waals surface area contributed by atoms with Crippen molar-refractivity contribution in [2.45, 2.75) is 11.4 Å². The number of hydrogen-bond donors (Lipinski definition) is 2. The van der Waals surface area contributed by atoms with E-state index in [1.54, 1.807) is 18.2 Å². The van der Waals surface area contributed by atoms with E-state index in [9.17, 15) is 18.0 Å². The number of hydrogen-bond acceptors (Lipinski definition) is 8. The second-order valence-electron chi connectivity index (χ2n) is 6.77. The van der Waals surface area contributed by atoms with Gasteiger partial charge < -0.3 is 24.8 Å². The SMILES string of the molecule is COC(=O)c1cc(OC)c(OC)cc1NCC(=O)NCc1ccccc1S(=O)(=O)N(C)C. The topological polar surface area (TPSA) is 123 Å². The summed E-state index contributed by atoms with van der Waals surface area (Å²) < 4.78 is 41.3. The van der Waals surface area contributed by atoms with E-state index in [2.05, 4.69) is 10.6 Å². The Labute approximate surface area is 187 Å². The van der Waals surface area contributed by atoms with Gasteiger partial charge in [-0.15, -0.1) is 0 Å². The molecule has 0 aliphatic rings. The Morgan fingerprint density at radius 3 is 2.22 bits per heavy atom. The fraction of sp³-hybridized carbons (Fsp3) is 0.333. The van der Waals surface area contributed by atoms with E-state index < -0.39 is 21.9 Å². The van der Waals surface area contributed by atoms with Crippen LogP contribution in [0.3, 0.4) is 0 Å². The average Bonchev–Trinajstić information content (AvgIpc) is 2.80. The summed E-state index contributed by atoms with van der Waals surface area (Å²) in [6.07, 6.45) is 0. The molecular weight excluding hydrogens is 438 g/mol. The second kappa shape index (κ2) is 10.8. The Morgan fingerprint density at radius 1 is 1.00 bits per heavy atom. The molecule has 2 aromatic rings. The van der Waals surface area contributed by atoms with Crippen LogP contribution in [-0.4, -0.2) is 66.6 Å². The van der Waals surface area contributed by atoms with Crippen molar-refractivity contribution in [1.82, 2.24) is 9.62 Å². The Balaban J connectivity index is 2.14. The van der Waals surface area contributed by atoms with Crippen LogP contribution in [0.4, 0.5) is 5.69 Å². The van der Waals surface area contributed by atoms with Crippen LogP contribution in [0.5, 0.6) is 11.5 Å². The molecule has 0 heterocycles. The smallest absolute Gasteiger partial charge is 0.340 e. The summed E-state index contributed by atoms with van der Waals surface area (Å²) in [7, 11) is 3.36. The summed E-state index contributed by atoms with van der Waals surface area (Å²) in [5.41, 5.74) is 0.941. The quantitative estimate of drug-likeness (QED) is 0.506. The van der Waals surface area contributed by atoms with Crippen LogP contribution in [-0.2, 0) is 26.1 Å². The maximum atomic E-state index is 12.5. The lowest BCUT2D eigenvalue weighted by Gasteiger charge is -2.16. The standard InChI is InChI=1S/C21H27N3O7S/c1-24(2)32(27,28)19-9-7-6-8-14(19)12-23-20(25)13-22-16-11-18(30-4)17(29-3)10-15(16)21(26)31-5/h6-11,22H,12-13H2,1-5H3,(H,23,25). The van der Waals surface area contributed by atoms with Crippen molar-refractivity contribution >= 4 is 27.6 Å². The van der Waals surface area contributed by atoms with Crippen molar-refractivity contribution in [3.05, 3.63) is 47.5 Å². The van der Waals surface area contributed by atoms with Crippen LogP contribution in [0.1, 0.15) is 15.9 Å². The number of nitrogens with one attached hydrogen (secondary N) is 2. The Bertz CT molecular complexity index is 1080. The van der Waals surface area contributed by atoms with E-state index in [-0.39, 0.29) is 23.5 Å². The lowest BCUT2D eigenvalue weighted by atomic mass is 10.1. The predicted molar refractivity (Wildman–Crippen MR) is 119 cm³/mol. The molecule has 0 aliphatic heterocycles. The van der Waals surface area contributed by atoms with Gasteiger partial charge in [0.25, 0.3) is 0 Å². The largest absolute Gasteiger partial charge is 0.493 e. The third-order valence-corrected chi connectivity index (χ3v) is 6.49. The number of nitrogens with zero attached hydrogens (tertiary/aromatic N) is 1. The minimum absolute atomic E-state index is 0.0134. The summed E-state index contributed by atoms with van der Waals surface area (Å²) in [6, 6.07) is 9.41. The number of esters is 1. The lowest BCUT2D eigenvalue weighted by Crippen LogP contribution is -2.31. The Kier molecular flexibility index (Phi) is 8.44. The van der Waals surface area contributed by atoms with E-state index in [0.717, 1.165) is 4.31 Å². The maximum absolute atomic E-state index is 12.5. The number of sulfonamides is 1. The molecule has 2 N–H and O–H groups in total. The van der Waals surface area contributed by atoms with Gasteiger partial charge in [-0.3, -0.25) is 4.79 Å². The summed E-state index contributed by atoms with van der Waals surface area (Å²) in [4.78, 5) is 24.6. The molecule has 11 heteroatoms. The van der Waals surface area contributed by atoms with Gasteiger partial charge in [0.1, 0.15) is 0 Å². The Hall–Kier alpha value is -3.31. The maximum Gasteiger partial charge on any atom is 0.340 e. The van der Waals surface area contributed by atoms with Gasteiger partial charge in [0.15, 0.2) is 11.5 Å². The number of amides is 1. The number of rotatable bonds is 10. The number of benzene rings is 2. The highest BCUT2D eigenvalue weighted by Gasteiger charge is 2.21. The van der Waals surface area contributed by atoms with Crippen molar-refractivity contribution < 1.29 is 32.2 Å². The monoisotopic (exact) mass is 465 g/mol. The highest BCUT2D eigenvalue weighted by Crippen LogP contribution is 2.33. The zero-order chi connectivity index (χ0) is 23.9. The highest BCUT2D eigenvalue weighted by molar-refractivity contribution is 7.89. The van der Waals surface area contributed by atoms with Crippen LogP contribution in [0.15, 0.2) is 41.3 Å². The van der Waals surface area contributed by atoms with E-state index in [0.29, 0.717) is 22.7 Å². The number of carbonyl (C=O) groups excluding carboxylic acids is 2. The molecule has 0 radical (unpaired) electrons. The molecule has 1 amide bonds. The van der Waals surface area contributed by atoms with Gasteiger partial charge in [-0.05, 0) is 11.6 Å². The molecular formula is C21H27N3O7S. The first-order valence-electron chi connectivity index (χ1n) is 9.51. The van der Waals surface area contributed by atoms with E-state index in [1.807, 2.05) is 0 Å². The number of ether oxygens (including phenoxy) is 3. The fourth-order valence-corrected chi connectivity index (χ4v) is 3.95. The second-order valence-corrected chi connectivity index (χ2v) is 8.89. The van der Waals surface area contributed by atoms with Gasteiger partial charge >= 0.3 is 5.97 Å². The third-order valence-electron chi connectivity index (χ3n) is 4.58. The molecule has 0 aromatic heterocycles. The molecule has 0 spiro atoms. The highest BCUT2D eigenvalue weighted by atomic mass is 32.2. The van der Waals surface area contributed by atoms with Crippen molar-refractivity contribution in [3.8, 4) is 11.5 Å². The molecule has 174 valence electrons. The fourth-order valence-electron chi connectivity index (χ4n) is 2.83. The van der Waals surface area contributed by atoms with Crippen molar-refractivity contribution in [2.24, 2.45) is 0 Å². The molecule has 0 saturated heterocycles. The molecule has 0 fully saturated rings. The summed E-state index contributed by atoms with van der Waals surface area (Å²) in [5.74, 6) is -0.322. The van der Waals surface area contributed by atoms with E-state index >= 15 is 0 Å². The molecule has 2 aromatic carbocycles. The zero-order valence-electron chi connectivity index (χ0n) is 18.6. The van der Waals surface area contributed by atoms with Crippen molar-refractivity contribution in [3.63, 3.8) is 0 Å². The summed E-state index contributed by atoms with van der Waals surface area (Å²) >= 11 is 0. The van der Waals surface area contributed by atoms with Crippen molar-refractivity contribution in [2.75, 3.05) is 47.3 Å². The van der Waals surface area contributed by atoms with Gasteiger partial charge in [-0.1, -0.05) is 18.2 Å². The lowest BCUT2D eigenvalue weighted by molar-refractivity contribution is -0.119. The summed E-state index contributed by atoms with van der Waals surface area (Å²) in [6.45, 7) is -0.165. The third kappa shape index (κ3) is 5.68. The number of anilines is 1. The molecule has 2 rings (SSSR count). The van der Waals surface area contributed by atoms with Gasteiger partial charge in [0.2, 0.25) is 15.9 Å². The molecule has 0 unspecified atom stereocenters. The van der Waals surface area contributed by atoms with Gasteiger partial charge in [-0.2, -0.15) is 0 Å². The molecule has 0 aliphatic carbocycles. The number of carbonyl (C=O) groups is 2.